The van der Waals surface area contributed by atoms with Gasteiger partial charge in [0.25, 0.3) is 0 Å². The van der Waals surface area contributed by atoms with E-state index in [4.69, 9.17) is 19.9 Å². The van der Waals surface area contributed by atoms with Gasteiger partial charge in [0.2, 0.25) is 11.9 Å². The Labute approximate surface area is 580 Å². The predicted molar refractivity (Wildman–Crippen MR) is 425 cm³/mol. The van der Waals surface area contributed by atoms with Gasteiger partial charge in [0.15, 0.2) is 0 Å². The monoisotopic (exact) mass is 1290 g/mol. The Morgan fingerprint density at radius 3 is 1.22 bits per heavy atom. The Kier molecular flexibility index (Phi) is 10.6. The number of hydrogen-bond donors (Lipinski definition) is 0. The zero-order chi connectivity index (χ0) is 66.2. The van der Waals surface area contributed by atoms with Crippen LogP contribution in [-0.4, -0.2) is 37.9 Å². The molecule has 0 saturated carbocycles. The van der Waals surface area contributed by atoms with Crippen molar-refractivity contribution in [2.75, 3.05) is 0 Å². The van der Waals surface area contributed by atoms with Crippen LogP contribution in [-0.2, 0) is 0 Å². The molecule has 0 spiro atoms. The maximum atomic E-state index is 5.85. The van der Waals surface area contributed by atoms with E-state index in [1.807, 2.05) is 0 Å². The SMILES string of the molecule is c1ccc(-c2ccc(-c3nc(-n4c5ccccc5c5c6c7cc(-c8ccc9c(ccc%10nc(-n%11c%12ccccc%12c%12c%13c%14ccccc%14n%14c%15ccccc%15c(cc%12%11)c%13%14)nc(-c%11ccc%12ccccc%12c%11)c%109)c8)ccc7n7c8ccccc8c(cc54)c67)nc4ccc5ccccc5c34)cc2)cc1. The molecule has 8 heteroatoms. The van der Waals surface area contributed by atoms with Crippen molar-refractivity contribution in [1.82, 2.24) is 37.9 Å². The zero-order valence-corrected chi connectivity index (χ0v) is 54.6. The van der Waals surface area contributed by atoms with Crippen molar-refractivity contribution in [1.29, 1.82) is 0 Å². The second kappa shape index (κ2) is 19.9. The second-order valence-corrected chi connectivity index (χ2v) is 27.6. The third-order valence-electron chi connectivity index (χ3n) is 22.4. The average Bonchev–Trinajstić information content (AvgIpc) is 1.52. The molecule has 0 N–H and O–H groups in total. The van der Waals surface area contributed by atoms with Crippen molar-refractivity contribution in [2.24, 2.45) is 0 Å². The summed E-state index contributed by atoms with van der Waals surface area (Å²) >= 11 is 0. The molecule has 468 valence electrons. The molecule has 0 atom stereocenters. The quantitative estimate of drug-likeness (QED) is 0.156. The van der Waals surface area contributed by atoms with Crippen molar-refractivity contribution in [3.05, 3.63) is 315 Å². The number of hydrogen-bond acceptors (Lipinski definition) is 4. The predicted octanol–water partition coefficient (Wildman–Crippen LogP) is 24.2. The Morgan fingerprint density at radius 1 is 0.186 bits per heavy atom. The molecule has 102 heavy (non-hydrogen) atoms. The highest BCUT2D eigenvalue weighted by Crippen LogP contribution is 2.51. The Hall–Kier alpha value is -13.8. The van der Waals surface area contributed by atoms with E-state index < -0.39 is 0 Å². The summed E-state index contributed by atoms with van der Waals surface area (Å²) < 4.78 is 9.62. The highest BCUT2D eigenvalue weighted by atomic mass is 15.2. The largest absolute Gasteiger partial charge is 0.308 e. The molecule has 0 aliphatic carbocycles. The number of aromatic nitrogens is 8. The van der Waals surface area contributed by atoms with Crippen LogP contribution >= 0.6 is 0 Å². The van der Waals surface area contributed by atoms with Gasteiger partial charge in [0.1, 0.15) is 0 Å². The standard InChI is InChI=1S/C94H52N8/c1-2-18-53(19-3-1)55-34-37-57(38-35-55)89-83-63-23-7-6-21-56(63)41-45-73(83)95-93(97-89)102-79-33-17-11-27-68(79)86-82(102)52-71-66-25-9-14-30-76(66)100-80-47-43-60(50-72(80)88(86)92(71)100)59-40-44-64-61(48-59)42-46-74-84(64)90(62-39-36-54-20-4-5-22-58(54)49-62)98-94(96-74)101-78-32-16-10-26-67(78)85-81(101)51-70-65-24-8-13-29-75(65)99-77-31-15-12-28-69(77)87(85)91(70)99/h1-52H. The van der Waals surface area contributed by atoms with Gasteiger partial charge in [-0.15, -0.1) is 0 Å². The minimum atomic E-state index is 0.626. The molecule has 0 radical (unpaired) electrons. The first-order valence-corrected chi connectivity index (χ1v) is 34.9. The van der Waals surface area contributed by atoms with Gasteiger partial charge in [-0.3, -0.25) is 9.13 Å². The number of para-hydroxylation sites is 5. The van der Waals surface area contributed by atoms with Crippen LogP contribution in [0.25, 0.3) is 231 Å². The van der Waals surface area contributed by atoms with Crippen molar-refractivity contribution in [2.45, 2.75) is 0 Å². The maximum Gasteiger partial charge on any atom is 0.235 e. The van der Waals surface area contributed by atoms with Crippen LogP contribution in [0, 0.1) is 0 Å². The lowest BCUT2D eigenvalue weighted by molar-refractivity contribution is 1.01. The van der Waals surface area contributed by atoms with Crippen LogP contribution in [0.5, 0.6) is 0 Å². The van der Waals surface area contributed by atoms with E-state index >= 15 is 0 Å². The molecule has 0 aliphatic heterocycles. The molecule has 0 saturated heterocycles. The first-order valence-electron chi connectivity index (χ1n) is 34.9. The van der Waals surface area contributed by atoms with Gasteiger partial charge in [-0.2, -0.15) is 0 Å². The highest BCUT2D eigenvalue weighted by Gasteiger charge is 2.29. The van der Waals surface area contributed by atoms with Gasteiger partial charge < -0.3 is 8.80 Å². The fourth-order valence-electron chi connectivity index (χ4n) is 18.0. The molecule has 24 aromatic rings. The van der Waals surface area contributed by atoms with Gasteiger partial charge in [-0.1, -0.05) is 237 Å². The van der Waals surface area contributed by atoms with Crippen LogP contribution in [0.1, 0.15) is 0 Å². The van der Waals surface area contributed by atoms with E-state index in [0.29, 0.717) is 11.9 Å². The molecule has 24 rings (SSSR count). The minimum Gasteiger partial charge on any atom is -0.308 e. The molecule has 0 unspecified atom stereocenters. The highest BCUT2D eigenvalue weighted by molar-refractivity contribution is 6.38. The van der Waals surface area contributed by atoms with Crippen molar-refractivity contribution in [3.8, 4) is 56.7 Å². The molecule has 8 nitrogen and oxygen atoms in total. The summed E-state index contributed by atoms with van der Waals surface area (Å²) in [5, 5.41) is 23.3. The third-order valence-corrected chi connectivity index (χ3v) is 22.4. The van der Waals surface area contributed by atoms with Gasteiger partial charge in [-0.25, -0.2) is 19.9 Å². The molecule has 8 aromatic heterocycles. The summed E-state index contributed by atoms with van der Waals surface area (Å²) in [4.78, 5) is 22.9. The fraction of sp³-hybridized carbons (Fsp3) is 0. The average molecular weight is 1290 g/mol. The van der Waals surface area contributed by atoms with Gasteiger partial charge in [0, 0.05) is 86.5 Å². The lowest BCUT2D eigenvalue weighted by Gasteiger charge is -2.15. The van der Waals surface area contributed by atoms with Crippen molar-refractivity contribution >= 4 is 174 Å². The van der Waals surface area contributed by atoms with Crippen molar-refractivity contribution < 1.29 is 0 Å². The van der Waals surface area contributed by atoms with Crippen LogP contribution in [0.3, 0.4) is 0 Å². The lowest BCUT2D eigenvalue weighted by atomic mass is 9.95. The van der Waals surface area contributed by atoms with Gasteiger partial charge >= 0.3 is 0 Å². The number of nitrogens with zero attached hydrogens (tertiary/aromatic N) is 8. The first kappa shape index (κ1) is 54.2. The zero-order valence-electron chi connectivity index (χ0n) is 54.6. The van der Waals surface area contributed by atoms with Crippen LogP contribution < -0.4 is 0 Å². The number of fused-ring (bicyclic) bond motifs is 27. The van der Waals surface area contributed by atoms with E-state index in [-0.39, 0.29) is 0 Å². The third kappa shape index (κ3) is 7.23. The Balaban J connectivity index is 0.719. The van der Waals surface area contributed by atoms with E-state index in [0.717, 1.165) is 121 Å². The topological polar surface area (TPSA) is 70.2 Å². The number of rotatable bonds is 6. The van der Waals surface area contributed by atoms with Crippen LogP contribution in [0.15, 0.2) is 315 Å². The summed E-state index contributed by atoms with van der Waals surface area (Å²) in [5.74, 6) is 1.26. The van der Waals surface area contributed by atoms with Gasteiger partial charge in [0.05, 0.1) is 77.6 Å². The molecule has 0 aliphatic rings. The van der Waals surface area contributed by atoms with Crippen LogP contribution in [0.4, 0.5) is 0 Å². The van der Waals surface area contributed by atoms with Gasteiger partial charge in [-0.05, 0) is 133 Å². The lowest BCUT2D eigenvalue weighted by Crippen LogP contribution is -2.04. The fourth-order valence-corrected chi connectivity index (χ4v) is 18.0. The normalized spacial score (nSPS) is 12.5. The Morgan fingerprint density at radius 2 is 0.588 bits per heavy atom. The summed E-state index contributed by atoms with van der Waals surface area (Å²) in [6, 6.07) is 115. The van der Waals surface area contributed by atoms with E-state index in [1.165, 1.54) is 97.8 Å². The minimum absolute atomic E-state index is 0.626. The van der Waals surface area contributed by atoms with E-state index in [2.05, 4.69) is 333 Å². The second-order valence-electron chi connectivity index (χ2n) is 27.6. The summed E-state index contributed by atoms with van der Waals surface area (Å²) in [7, 11) is 0. The summed E-state index contributed by atoms with van der Waals surface area (Å²) in [6.45, 7) is 0. The molecular weight excluding hydrogens is 1240 g/mol. The Bertz CT molecular complexity index is 7810. The van der Waals surface area contributed by atoms with Crippen molar-refractivity contribution in [3.63, 3.8) is 0 Å². The molecule has 8 heterocycles. The maximum absolute atomic E-state index is 5.85. The smallest absolute Gasteiger partial charge is 0.235 e. The molecule has 0 fully saturated rings. The van der Waals surface area contributed by atoms with E-state index in [1.54, 1.807) is 0 Å². The molecular formula is C94H52N8. The molecule has 0 amide bonds. The van der Waals surface area contributed by atoms with Crippen LogP contribution in [0.2, 0.25) is 0 Å². The van der Waals surface area contributed by atoms with E-state index in [9.17, 15) is 0 Å². The molecule has 16 aromatic carbocycles. The first-order chi connectivity index (χ1) is 50.6. The summed E-state index contributed by atoms with van der Waals surface area (Å²) in [5.41, 5.74) is 21.6. The number of benzene rings is 16. The summed E-state index contributed by atoms with van der Waals surface area (Å²) in [6.07, 6.45) is 0. The molecule has 0 bridgehead atoms.